The average Bonchev–Trinajstić information content (AvgIpc) is 3.15. The van der Waals surface area contributed by atoms with Gasteiger partial charge >= 0.3 is 6.03 Å². The molecular formula is C15H21N5O2S. The number of aliphatic hydroxyl groups is 1. The monoisotopic (exact) mass is 335 g/mol. The Morgan fingerprint density at radius 2 is 2.48 bits per heavy atom. The number of H-pyrrole nitrogens is 1. The lowest BCUT2D eigenvalue weighted by atomic mass is 9.79. The van der Waals surface area contributed by atoms with Gasteiger partial charge in [0.05, 0.1) is 17.5 Å². The zero-order chi connectivity index (χ0) is 16.3. The lowest BCUT2D eigenvalue weighted by Crippen LogP contribution is -2.46. The Bertz CT molecular complexity index is 657. The van der Waals surface area contributed by atoms with Gasteiger partial charge < -0.3 is 15.7 Å². The Labute approximate surface area is 138 Å². The molecule has 2 aromatic rings. The third-order valence-electron chi connectivity index (χ3n) is 4.18. The normalized spacial score (nSPS) is 24.3. The highest BCUT2D eigenvalue weighted by atomic mass is 32.1. The summed E-state index contributed by atoms with van der Waals surface area (Å²) in [6.45, 7) is 2.39. The molecule has 2 heterocycles. The van der Waals surface area contributed by atoms with Crippen LogP contribution in [0.1, 0.15) is 32.6 Å². The summed E-state index contributed by atoms with van der Waals surface area (Å²) in [5.41, 5.74) is 0.449. The third-order valence-corrected chi connectivity index (χ3v) is 4.97. The van der Waals surface area contributed by atoms with Gasteiger partial charge in [0, 0.05) is 18.1 Å². The molecule has 0 bridgehead atoms. The number of carbonyl (C=O) groups is 1. The number of nitrogens with one attached hydrogen (secondary N) is 3. The molecule has 124 valence electrons. The first-order valence-corrected chi connectivity index (χ1v) is 8.64. The Balaban J connectivity index is 1.57. The molecule has 1 saturated carbocycles. The number of aromatic amines is 1. The summed E-state index contributed by atoms with van der Waals surface area (Å²) in [6.07, 6.45) is 6.84. The minimum absolute atomic E-state index is 0.258. The maximum atomic E-state index is 12.1. The molecule has 23 heavy (non-hydrogen) atoms. The van der Waals surface area contributed by atoms with Gasteiger partial charge in [-0.25, -0.2) is 9.78 Å². The van der Waals surface area contributed by atoms with Gasteiger partial charge in [-0.15, -0.1) is 11.3 Å². The van der Waals surface area contributed by atoms with Gasteiger partial charge in [0.15, 0.2) is 0 Å². The summed E-state index contributed by atoms with van der Waals surface area (Å²) in [5.74, 6) is 0.490. The van der Waals surface area contributed by atoms with Gasteiger partial charge in [-0.3, -0.25) is 5.10 Å². The van der Waals surface area contributed by atoms with E-state index in [1.165, 1.54) is 11.3 Å². The van der Waals surface area contributed by atoms with E-state index in [0.29, 0.717) is 17.3 Å². The van der Waals surface area contributed by atoms with Crippen molar-refractivity contribution in [1.29, 1.82) is 0 Å². The van der Waals surface area contributed by atoms with Crippen molar-refractivity contribution in [3.05, 3.63) is 17.8 Å². The van der Waals surface area contributed by atoms with Crippen LogP contribution in [-0.4, -0.2) is 38.5 Å². The fraction of sp³-hybridized carbons (Fsp3) is 0.533. The van der Waals surface area contributed by atoms with E-state index in [1.54, 1.807) is 12.4 Å². The molecule has 2 unspecified atom stereocenters. The predicted molar refractivity (Wildman–Crippen MR) is 89.3 cm³/mol. The summed E-state index contributed by atoms with van der Waals surface area (Å²) in [5, 5.41) is 25.5. The quantitative estimate of drug-likeness (QED) is 0.689. The number of anilines is 1. The topological polar surface area (TPSA) is 103 Å². The van der Waals surface area contributed by atoms with Gasteiger partial charge in [0.2, 0.25) is 0 Å². The first kappa shape index (κ1) is 15.9. The molecular weight excluding hydrogens is 314 g/mol. The van der Waals surface area contributed by atoms with Crippen LogP contribution in [0.25, 0.3) is 10.7 Å². The van der Waals surface area contributed by atoms with E-state index in [4.69, 9.17) is 0 Å². The van der Waals surface area contributed by atoms with Crippen LogP contribution in [0.15, 0.2) is 17.8 Å². The highest BCUT2D eigenvalue weighted by Gasteiger charge is 2.32. The third kappa shape index (κ3) is 3.89. The molecule has 8 heteroatoms. The van der Waals surface area contributed by atoms with E-state index in [9.17, 15) is 9.90 Å². The maximum absolute atomic E-state index is 12.1. The maximum Gasteiger partial charge on any atom is 0.319 e. The summed E-state index contributed by atoms with van der Waals surface area (Å²) in [7, 11) is 0. The second-order valence-electron chi connectivity index (χ2n) is 6.23. The molecule has 3 rings (SSSR count). The van der Waals surface area contributed by atoms with Gasteiger partial charge in [-0.1, -0.05) is 19.8 Å². The molecule has 0 saturated heterocycles. The van der Waals surface area contributed by atoms with E-state index in [2.05, 4.69) is 32.7 Å². The molecule has 2 amide bonds. The second kappa shape index (κ2) is 6.67. The Morgan fingerprint density at radius 1 is 1.61 bits per heavy atom. The Kier molecular flexibility index (Phi) is 4.63. The van der Waals surface area contributed by atoms with Crippen LogP contribution in [0.3, 0.4) is 0 Å². The summed E-state index contributed by atoms with van der Waals surface area (Å²) in [6, 6.07) is -0.351. The molecule has 0 radical (unpaired) electrons. The number of thiazole rings is 1. The number of amides is 2. The Hall–Kier alpha value is -1.93. The van der Waals surface area contributed by atoms with Crippen LogP contribution >= 0.6 is 11.3 Å². The molecule has 7 nitrogen and oxygen atoms in total. The molecule has 0 spiro atoms. The summed E-state index contributed by atoms with van der Waals surface area (Å²) < 4.78 is 0. The van der Waals surface area contributed by atoms with E-state index in [-0.39, 0.29) is 12.6 Å². The van der Waals surface area contributed by atoms with Crippen molar-refractivity contribution in [2.75, 3.05) is 11.9 Å². The molecule has 4 N–H and O–H groups in total. The Morgan fingerprint density at radius 3 is 3.22 bits per heavy atom. The lowest BCUT2D eigenvalue weighted by Gasteiger charge is -2.35. The zero-order valence-electron chi connectivity index (χ0n) is 13.0. The van der Waals surface area contributed by atoms with E-state index >= 15 is 0 Å². The smallest absolute Gasteiger partial charge is 0.319 e. The predicted octanol–water partition coefficient (Wildman–Crippen LogP) is 2.60. The number of hydrogen-bond acceptors (Lipinski definition) is 5. The van der Waals surface area contributed by atoms with E-state index in [1.807, 2.05) is 5.38 Å². The molecule has 1 fully saturated rings. The van der Waals surface area contributed by atoms with Crippen molar-refractivity contribution in [3.63, 3.8) is 0 Å². The van der Waals surface area contributed by atoms with Gasteiger partial charge in [0.1, 0.15) is 10.7 Å². The van der Waals surface area contributed by atoms with Crippen LogP contribution < -0.4 is 10.6 Å². The van der Waals surface area contributed by atoms with Gasteiger partial charge in [-0.2, -0.15) is 5.10 Å². The highest BCUT2D eigenvalue weighted by molar-refractivity contribution is 7.13. The van der Waals surface area contributed by atoms with Crippen molar-refractivity contribution in [3.8, 4) is 10.7 Å². The number of rotatable bonds is 4. The number of urea groups is 1. The summed E-state index contributed by atoms with van der Waals surface area (Å²) >= 11 is 1.46. The fourth-order valence-electron chi connectivity index (χ4n) is 3.10. The number of hydrogen-bond donors (Lipinski definition) is 4. The van der Waals surface area contributed by atoms with Gasteiger partial charge in [0.25, 0.3) is 0 Å². The molecule has 2 atom stereocenters. The first-order valence-electron chi connectivity index (χ1n) is 7.76. The van der Waals surface area contributed by atoms with Crippen LogP contribution in [0, 0.1) is 5.92 Å². The van der Waals surface area contributed by atoms with Crippen molar-refractivity contribution in [2.45, 2.75) is 38.2 Å². The molecule has 1 aliphatic carbocycles. The highest BCUT2D eigenvalue weighted by Crippen LogP contribution is 2.31. The largest absolute Gasteiger partial charge is 0.388 e. The van der Waals surface area contributed by atoms with Crippen LogP contribution in [0.4, 0.5) is 10.5 Å². The van der Waals surface area contributed by atoms with E-state index < -0.39 is 5.60 Å². The molecule has 0 aliphatic heterocycles. The van der Waals surface area contributed by atoms with Gasteiger partial charge in [-0.05, 0) is 18.8 Å². The SMILES string of the molecule is CC1CCCC(O)(CNC(=O)Nc2cn[nH]c2-c2nccs2)C1. The van der Waals surface area contributed by atoms with Crippen LogP contribution in [0.5, 0.6) is 0 Å². The number of nitrogens with zero attached hydrogens (tertiary/aromatic N) is 2. The van der Waals surface area contributed by atoms with Crippen molar-refractivity contribution in [1.82, 2.24) is 20.5 Å². The second-order valence-corrected chi connectivity index (χ2v) is 7.12. The number of aromatic nitrogens is 3. The van der Waals surface area contributed by atoms with Crippen molar-refractivity contribution < 1.29 is 9.90 Å². The number of carbonyl (C=O) groups excluding carboxylic acids is 1. The molecule has 0 aromatic carbocycles. The molecule has 1 aliphatic rings. The average molecular weight is 335 g/mol. The fourth-order valence-corrected chi connectivity index (χ4v) is 3.74. The standard InChI is InChI=1S/C15H21N5O2S/c1-10-3-2-4-15(22,7-10)9-17-14(21)19-11-8-18-20-12(11)13-16-5-6-23-13/h5-6,8,10,22H,2-4,7,9H2,1H3,(H,18,20)(H2,17,19,21). The minimum Gasteiger partial charge on any atom is -0.388 e. The van der Waals surface area contributed by atoms with Crippen molar-refractivity contribution in [2.24, 2.45) is 5.92 Å². The first-order chi connectivity index (χ1) is 11.1. The van der Waals surface area contributed by atoms with Crippen LogP contribution in [0.2, 0.25) is 0 Å². The van der Waals surface area contributed by atoms with Crippen molar-refractivity contribution >= 4 is 23.1 Å². The zero-order valence-corrected chi connectivity index (χ0v) is 13.8. The molecule has 2 aromatic heterocycles. The summed E-state index contributed by atoms with van der Waals surface area (Å²) in [4.78, 5) is 16.3. The van der Waals surface area contributed by atoms with E-state index in [0.717, 1.165) is 30.7 Å². The lowest BCUT2D eigenvalue weighted by molar-refractivity contribution is -0.00920. The van der Waals surface area contributed by atoms with Crippen LogP contribution in [-0.2, 0) is 0 Å². The minimum atomic E-state index is -0.802.